The van der Waals surface area contributed by atoms with Crippen LogP contribution in [-0.2, 0) is 12.7 Å². The zero-order chi connectivity index (χ0) is 21.0. The number of para-hydroxylation sites is 1. The van der Waals surface area contributed by atoms with Gasteiger partial charge in [0.15, 0.2) is 11.0 Å². The Hall–Kier alpha value is -2.74. The first-order valence-corrected chi connectivity index (χ1v) is 9.74. The number of allylic oxidation sites excluding steroid dienone is 1. The zero-order valence-electron chi connectivity index (χ0n) is 16.0. The van der Waals surface area contributed by atoms with Crippen molar-refractivity contribution in [3.63, 3.8) is 0 Å². The van der Waals surface area contributed by atoms with Gasteiger partial charge in [0.25, 0.3) is 0 Å². The summed E-state index contributed by atoms with van der Waals surface area (Å²) in [7, 11) is 1.59. The summed E-state index contributed by atoms with van der Waals surface area (Å²) in [6, 6.07) is 12.7. The van der Waals surface area contributed by atoms with Crippen molar-refractivity contribution >= 4 is 11.8 Å². The molecule has 1 heterocycles. The van der Waals surface area contributed by atoms with Gasteiger partial charge in [-0.2, -0.15) is 13.2 Å². The first-order valence-electron chi connectivity index (χ1n) is 8.86. The highest BCUT2D eigenvalue weighted by Crippen LogP contribution is 2.38. The van der Waals surface area contributed by atoms with Gasteiger partial charge in [-0.3, -0.25) is 4.57 Å². The van der Waals surface area contributed by atoms with Crippen LogP contribution in [0, 0.1) is 0 Å². The Kier molecular flexibility index (Phi) is 6.32. The number of alkyl halides is 3. The number of halogens is 3. The normalized spacial score (nSPS) is 12.6. The van der Waals surface area contributed by atoms with Crippen LogP contribution in [0.1, 0.15) is 23.3 Å². The molecule has 0 aliphatic heterocycles. The number of nitrogens with zero attached hydrogens (tertiary/aromatic N) is 3. The van der Waals surface area contributed by atoms with E-state index in [1.807, 2.05) is 35.8 Å². The molecule has 0 aliphatic carbocycles. The van der Waals surface area contributed by atoms with Crippen molar-refractivity contribution in [2.24, 2.45) is 0 Å². The van der Waals surface area contributed by atoms with E-state index in [1.165, 1.54) is 23.9 Å². The molecule has 29 heavy (non-hydrogen) atoms. The maximum Gasteiger partial charge on any atom is 0.416 e. The largest absolute Gasteiger partial charge is 0.496 e. The summed E-state index contributed by atoms with van der Waals surface area (Å²) in [6.45, 7) is 6.21. The molecule has 0 saturated heterocycles. The Balaban J connectivity index is 1.89. The van der Waals surface area contributed by atoms with Crippen molar-refractivity contribution in [2.75, 3.05) is 7.11 Å². The van der Waals surface area contributed by atoms with Gasteiger partial charge in [0.2, 0.25) is 0 Å². The van der Waals surface area contributed by atoms with Gasteiger partial charge in [0.1, 0.15) is 5.75 Å². The first-order chi connectivity index (χ1) is 13.8. The molecular weight excluding hydrogens is 399 g/mol. The van der Waals surface area contributed by atoms with Crippen molar-refractivity contribution in [1.29, 1.82) is 0 Å². The number of benzene rings is 2. The van der Waals surface area contributed by atoms with Gasteiger partial charge in [-0.25, -0.2) is 0 Å². The van der Waals surface area contributed by atoms with Crippen molar-refractivity contribution in [3.05, 3.63) is 72.3 Å². The summed E-state index contributed by atoms with van der Waals surface area (Å²) >= 11 is 1.43. The van der Waals surface area contributed by atoms with Gasteiger partial charge in [-0.1, -0.05) is 42.1 Å². The molecule has 2 aromatic carbocycles. The molecule has 152 valence electrons. The van der Waals surface area contributed by atoms with Crippen LogP contribution in [0.2, 0.25) is 0 Å². The van der Waals surface area contributed by atoms with Crippen LogP contribution in [0.5, 0.6) is 5.75 Å². The quantitative estimate of drug-likeness (QED) is 0.347. The smallest absolute Gasteiger partial charge is 0.416 e. The molecule has 0 fully saturated rings. The summed E-state index contributed by atoms with van der Waals surface area (Å²) in [5, 5.41) is 9.16. The minimum atomic E-state index is -4.34. The lowest BCUT2D eigenvalue weighted by molar-refractivity contribution is -0.137. The Bertz CT molecular complexity index is 984. The van der Waals surface area contributed by atoms with Crippen molar-refractivity contribution in [2.45, 2.75) is 30.1 Å². The first kappa shape index (κ1) is 21.0. The summed E-state index contributed by atoms with van der Waals surface area (Å²) < 4.78 is 45.7. The van der Waals surface area contributed by atoms with Crippen molar-refractivity contribution < 1.29 is 17.9 Å². The highest BCUT2D eigenvalue weighted by molar-refractivity contribution is 7.99. The third kappa shape index (κ3) is 4.64. The van der Waals surface area contributed by atoms with Gasteiger partial charge >= 0.3 is 6.18 Å². The third-order valence-electron chi connectivity index (χ3n) is 4.37. The van der Waals surface area contributed by atoms with Crippen LogP contribution in [0.15, 0.2) is 66.3 Å². The third-order valence-corrected chi connectivity index (χ3v) is 5.50. The topological polar surface area (TPSA) is 39.9 Å². The Labute approximate surface area is 171 Å². The van der Waals surface area contributed by atoms with Crippen molar-refractivity contribution in [1.82, 2.24) is 14.8 Å². The molecule has 3 aromatic rings. The fourth-order valence-corrected chi connectivity index (χ4v) is 3.85. The lowest BCUT2D eigenvalue weighted by Crippen LogP contribution is -2.05. The van der Waals surface area contributed by atoms with Crippen LogP contribution >= 0.6 is 11.8 Å². The lowest BCUT2D eigenvalue weighted by Gasteiger charge is -2.14. The number of hydrogen-bond acceptors (Lipinski definition) is 4. The molecule has 0 bridgehead atoms. The van der Waals surface area contributed by atoms with E-state index in [0.29, 0.717) is 23.3 Å². The molecule has 0 radical (unpaired) electrons. The van der Waals surface area contributed by atoms with Gasteiger partial charge in [0, 0.05) is 11.8 Å². The van der Waals surface area contributed by atoms with E-state index >= 15 is 0 Å². The van der Waals surface area contributed by atoms with Crippen LogP contribution < -0.4 is 4.74 Å². The van der Waals surface area contributed by atoms with E-state index in [1.54, 1.807) is 13.2 Å². The van der Waals surface area contributed by atoms with Crippen LogP contribution in [0.4, 0.5) is 13.2 Å². The number of ether oxygens (including phenoxy) is 1. The van der Waals surface area contributed by atoms with E-state index in [2.05, 4.69) is 16.8 Å². The Morgan fingerprint density at radius 1 is 1.14 bits per heavy atom. The van der Waals surface area contributed by atoms with Gasteiger partial charge < -0.3 is 4.74 Å². The lowest BCUT2D eigenvalue weighted by atomic mass is 10.1. The van der Waals surface area contributed by atoms with Gasteiger partial charge in [0.05, 0.1) is 18.2 Å². The number of hydrogen-bond donors (Lipinski definition) is 0. The molecule has 0 amide bonds. The second-order valence-corrected chi connectivity index (χ2v) is 7.59. The average molecular weight is 419 g/mol. The number of aromatic nitrogens is 3. The maximum absolute atomic E-state index is 12.8. The van der Waals surface area contributed by atoms with Crippen LogP contribution in [-0.4, -0.2) is 21.9 Å². The minimum absolute atomic E-state index is 0.115. The SMILES string of the molecule is C=CCn1c(SC(C)c2ccc(C(F)(F)F)cc2)nnc1-c1ccccc1OC. The fourth-order valence-electron chi connectivity index (χ4n) is 2.87. The molecule has 4 nitrogen and oxygen atoms in total. The standard InChI is InChI=1S/C21H20F3N3OS/c1-4-13-27-19(17-7-5-6-8-18(17)28-3)25-26-20(27)29-14(2)15-9-11-16(12-10-15)21(22,23)24/h4-12,14H,1,13H2,2-3H3. The molecule has 8 heteroatoms. The van der Waals surface area contributed by atoms with E-state index in [-0.39, 0.29) is 5.25 Å². The Morgan fingerprint density at radius 3 is 2.45 bits per heavy atom. The molecule has 1 unspecified atom stereocenters. The molecular formula is C21H20F3N3OS. The summed E-state index contributed by atoms with van der Waals surface area (Å²) in [4.78, 5) is 0. The van der Waals surface area contributed by atoms with E-state index in [0.717, 1.165) is 23.3 Å². The van der Waals surface area contributed by atoms with E-state index in [9.17, 15) is 13.2 Å². The molecule has 3 rings (SSSR count). The van der Waals surface area contributed by atoms with Crippen molar-refractivity contribution in [3.8, 4) is 17.1 Å². The van der Waals surface area contributed by atoms with E-state index < -0.39 is 11.7 Å². The highest BCUT2D eigenvalue weighted by Gasteiger charge is 2.30. The monoisotopic (exact) mass is 419 g/mol. The van der Waals surface area contributed by atoms with Crippen LogP contribution in [0.3, 0.4) is 0 Å². The van der Waals surface area contributed by atoms with Crippen LogP contribution in [0.25, 0.3) is 11.4 Å². The number of methoxy groups -OCH3 is 1. The summed E-state index contributed by atoms with van der Waals surface area (Å²) in [6.07, 6.45) is -2.60. The summed E-state index contributed by atoms with van der Waals surface area (Å²) in [5.41, 5.74) is 0.917. The minimum Gasteiger partial charge on any atom is -0.496 e. The number of rotatable bonds is 7. The molecule has 0 aliphatic rings. The predicted molar refractivity (Wildman–Crippen MR) is 108 cm³/mol. The second kappa shape index (κ2) is 8.73. The predicted octanol–water partition coefficient (Wildman–Crippen LogP) is 6.01. The second-order valence-electron chi connectivity index (χ2n) is 6.29. The van der Waals surface area contributed by atoms with E-state index in [4.69, 9.17) is 4.74 Å². The maximum atomic E-state index is 12.8. The summed E-state index contributed by atoms with van der Waals surface area (Å²) in [5.74, 6) is 1.32. The molecule has 0 N–H and O–H groups in total. The van der Waals surface area contributed by atoms with Gasteiger partial charge in [-0.15, -0.1) is 16.8 Å². The molecule has 1 atom stereocenters. The molecule has 1 aromatic heterocycles. The highest BCUT2D eigenvalue weighted by atomic mass is 32.2. The number of thioether (sulfide) groups is 1. The molecule has 0 spiro atoms. The Morgan fingerprint density at radius 2 is 1.83 bits per heavy atom. The average Bonchev–Trinajstić information content (AvgIpc) is 3.09. The molecule has 0 saturated carbocycles. The van der Waals surface area contributed by atoms with Gasteiger partial charge in [-0.05, 0) is 36.8 Å². The fraction of sp³-hybridized carbons (Fsp3) is 0.238. The zero-order valence-corrected chi connectivity index (χ0v) is 16.8.